The average molecular weight is 258 g/mol. The van der Waals surface area contributed by atoms with Crippen molar-refractivity contribution in [2.24, 2.45) is 11.1 Å². The van der Waals surface area contributed by atoms with E-state index in [2.05, 4.69) is 23.9 Å². The second kappa shape index (κ2) is 6.73. The van der Waals surface area contributed by atoms with Crippen LogP contribution >= 0.6 is 0 Å². The maximum Gasteiger partial charge on any atom is 0.330 e. The largest absolute Gasteiger partial charge is 0.467 e. The van der Waals surface area contributed by atoms with Gasteiger partial charge in [0.05, 0.1) is 7.11 Å². The molecule has 0 spiro atoms. The molecule has 0 saturated carbocycles. The van der Waals surface area contributed by atoms with Crippen molar-refractivity contribution in [2.75, 3.05) is 13.7 Å². The Kier molecular flexibility index (Phi) is 6.32. The van der Waals surface area contributed by atoms with E-state index >= 15 is 0 Å². The Hall–Kier alpha value is -1.10. The van der Waals surface area contributed by atoms with Crippen LogP contribution in [0.5, 0.6) is 0 Å². The summed E-state index contributed by atoms with van der Waals surface area (Å²) in [5, 5.41) is 2.68. The zero-order chi connectivity index (χ0) is 14.4. The molecule has 1 amide bonds. The van der Waals surface area contributed by atoms with Gasteiger partial charge in [-0.1, -0.05) is 13.8 Å². The highest BCUT2D eigenvalue weighted by Crippen LogP contribution is 2.25. The van der Waals surface area contributed by atoms with Crippen LogP contribution in [0.1, 0.15) is 47.0 Å². The van der Waals surface area contributed by atoms with Crippen molar-refractivity contribution >= 4 is 11.9 Å². The van der Waals surface area contributed by atoms with E-state index in [4.69, 9.17) is 5.73 Å². The molecule has 0 radical (unpaired) electrons. The normalized spacial score (nSPS) is 12.1. The summed E-state index contributed by atoms with van der Waals surface area (Å²) in [6, 6.07) is 0. The molecule has 18 heavy (non-hydrogen) atoms. The lowest BCUT2D eigenvalue weighted by molar-refractivity contribution is -0.149. The van der Waals surface area contributed by atoms with Gasteiger partial charge >= 0.3 is 5.97 Å². The van der Waals surface area contributed by atoms with Gasteiger partial charge in [-0.05, 0) is 38.6 Å². The minimum absolute atomic E-state index is 0.0432. The fourth-order valence-electron chi connectivity index (χ4n) is 1.68. The molecule has 5 heteroatoms. The second-order valence-electron chi connectivity index (χ2n) is 5.87. The van der Waals surface area contributed by atoms with Gasteiger partial charge in [0.1, 0.15) is 5.54 Å². The zero-order valence-electron chi connectivity index (χ0n) is 12.1. The highest BCUT2D eigenvalue weighted by atomic mass is 16.5. The molecule has 3 N–H and O–H groups in total. The lowest BCUT2D eigenvalue weighted by Gasteiger charge is -2.26. The Morgan fingerprint density at radius 3 is 2.17 bits per heavy atom. The molecule has 0 fully saturated rings. The quantitative estimate of drug-likeness (QED) is 0.672. The number of ether oxygens (including phenoxy) is 1. The van der Waals surface area contributed by atoms with Crippen molar-refractivity contribution in [3.63, 3.8) is 0 Å². The van der Waals surface area contributed by atoms with Crippen molar-refractivity contribution in [3.05, 3.63) is 0 Å². The van der Waals surface area contributed by atoms with Gasteiger partial charge in [-0.25, -0.2) is 4.79 Å². The number of rotatable bonds is 7. The monoisotopic (exact) mass is 258 g/mol. The highest BCUT2D eigenvalue weighted by Gasteiger charge is 2.30. The summed E-state index contributed by atoms with van der Waals surface area (Å²) in [5.41, 5.74) is 4.58. The first-order valence-corrected chi connectivity index (χ1v) is 6.24. The second-order valence-corrected chi connectivity index (χ2v) is 5.87. The molecule has 0 rings (SSSR count). The Morgan fingerprint density at radius 2 is 1.72 bits per heavy atom. The molecular formula is C13H26N2O3. The number of carbonyl (C=O) groups excluding carboxylic acids is 2. The third-order valence-electron chi connectivity index (χ3n) is 3.00. The predicted octanol–water partition coefficient (Wildman–Crippen LogP) is 1.21. The van der Waals surface area contributed by atoms with E-state index in [1.54, 1.807) is 13.8 Å². The van der Waals surface area contributed by atoms with Crippen molar-refractivity contribution < 1.29 is 14.3 Å². The fourth-order valence-corrected chi connectivity index (χ4v) is 1.68. The minimum Gasteiger partial charge on any atom is -0.467 e. The van der Waals surface area contributed by atoms with Crippen molar-refractivity contribution in [1.29, 1.82) is 0 Å². The van der Waals surface area contributed by atoms with Crippen LogP contribution in [0.3, 0.4) is 0 Å². The molecule has 0 bridgehead atoms. The van der Waals surface area contributed by atoms with Crippen LogP contribution in [0.2, 0.25) is 0 Å². The number of esters is 1. The van der Waals surface area contributed by atoms with E-state index in [1.165, 1.54) is 7.11 Å². The van der Waals surface area contributed by atoms with Gasteiger partial charge in [0.25, 0.3) is 0 Å². The molecule has 0 aliphatic rings. The van der Waals surface area contributed by atoms with Crippen LogP contribution < -0.4 is 11.1 Å². The molecule has 0 saturated heterocycles. The highest BCUT2D eigenvalue weighted by molar-refractivity contribution is 5.87. The number of amides is 1. The Labute approximate surface area is 109 Å². The molecule has 0 aliphatic heterocycles. The predicted molar refractivity (Wildman–Crippen MR) is 70.9 cm³/mol. The standard InChI is InChI=1S/C13H26N2O3/c1-12(2,8-9-14)7-6-10(16)15-13(3,4)11(17)18-5/h6-9,14H2,1-5H3,(H,15,16). The molecule has 0 atom stereocenters. The smallest absolute Gasteiger partial charge is 0.330 e. The molecular weight excluding hydrogens is 232 g/mol. The van der Waals surface area contributed by atoms with Gasteiger partial charge in [-0.2, -0.15) is 0 Å². The van der Waals surface area contributed by atoms with Crippen LogP contribution in [0.25, 0.3) is 0 Å². The summed E-state index contributed by atoms with van der Waals surface area (Å²) in [6.45, 7) is 8.03. The zero-order valence-corrected chi connectivity index (χ0v) is 12.1. The number of methoxy groups -OCH3 is 1. The molecule has 5 nitrogen and oxygen atoms in total. The first kappa shape index (κ1) is 16.9. The third kappa shape index (κ3) is 6.00. The van der Waals surface area contributed by atoms with Gasteiger partial charge < -0.3 is 15.8 Å². The Morgan fingerprint density at radius 1 is 1.17 bits per heavy atom. The number of nitrogens with one attached hydrogen (secondary N) is 1. The lowest BCUT2D eigenvalue weighted by atomic mass is 9.84. The van der Waals surface area contributed by atoms with Crippen LogP contribution in [-0.4, -0.2) is 31.1 Å². The number of carbonyl (C=O) groups is 2. The molecule has 0 aliphatic carbocycles. The van der Waals surface area contributed by atoms with Crippen molar-refractivity contribution in [3.8, 4) is 0 Å². The summed E-state index contributed by atoms with van der Waals surface area (Å²) in [7, 11) is 1.31. The van der Waals surface area contributed by atoms with Gasteiger partial charge in [-0.3, -0.25) is 4.79 Å². The summed E-state index contributed by atoms with van der Waals surface area (Å²) < 4.78 is 4.63. The third-order valence-corrected chi connectivity index (χ3v) is 3.00. The first-order chi connectivity index (χ1) is 8.14. The summed E-state index contributed by atoms with van der Waals surface area (Å²) >= 11 is 0. The van der Waals surface area contributed by atoms with Gasteiger partial charge in [-0.15, -0.1) is 0 Å². The van der Waals surface area contributed by atoms with E-state index in [1.807, 2.05) is 0 Å². The van der Waals surface area contributed by atoms with Gasteiger partial charge in [0.2, 0.25) is 5.91 Å². The molecule has 0 heterocycles. The molecule has 0 aromatic rings. The molecule has 0 aromatic heterocycles. The SMILES string of the molecule is COC(=O)C(C)(C)NC(=O)CCC(C)(C)CCN. The van der Waals surface area contributed by atoms with Crippen LogP contribution in [0.4, 0.5) is 0 Å². The summed E-state index contributed by atoms with van der Waals surface area (Å²) in [5.74, 6) is -0.590. The summed E-state index contributed by atoms with van der Waals surface area (Å²) in [4.78, 5) is 23.2. The van der Waals surface area contributed by atoms with E-state index in [9.17, 15) is 9.59 Å². The maximum absolute atomic E-state index is 11.8. The van der Waals surface area contributed by atoms with Crippen LogP contribution in [0.15, 0.2) is 0 Å². The van der Waals surface area contributed by atoms with Crippen molar-refractivity contribution in [1.82, 2.24) is 5.32 Å². The Balaban J connectivity index is 4.24. The van der Waals surface area contributed by atoms with Gasteiger partial charge in [0.15, 0.2) is 0 Å². The maximum atomic E-state index is 11.8. The molecule has 0 unspecified atom stereocenters. The summed E-state index contributed by atoms with van der Waals surface area (Å²) in [6.07, 6.45) is 2.00. The van der Waals surface area contributed by atoms with Crippen molar-refractivity contribution in [2.45, 2.75) is 52.5 Å². The Bertz CT molecular complexity index is 299. The topological polar surface area (TPSA) is 81.4 Å². The molecule has 106 valence electrons. The van der Waals surface area contributed by atoms with E-state index in [0.29, 0.717) is 13.0 Å². The van der Waals surface area contributed by atoms with Gasteiger partial charge in [0, 0.05) is 6.42 Å². The lowest BCUT2D eigenvalue weighted by Crippen LogP contribution is -2.50. The van der Waals surface area contributed by atoms with E-state index in [0.717, 1.165) is 12.8 Å². The number of hydrogen-bond donors (Lipinski definition) is 2. The van der Waals surface area contributed by atoms with E-state index < -0.39 is 11.5 Å². The number of hydrogen-bond acceptors (Lipinski definition) is 4. The van der Waals surface area contributed by atoms with Crippen LogP contribution in [-0.2, 0) is 14.3 Å². The fraction of sp³-hybridized carbons (Fsp3) is 0.846. The minimum atomic E-state index is -0.982. The number of nitrogens with two attached hydrogens (primary N) is 1. The first-order valence-electron chi connectivity index (χ1n) is 6.24. The van der Waals surface area contributed by atoms with Crippen LogP contribution in [0, 0.1) is 5.41 Å². The molecule has 0 aromatic carbocycles. The average Bonchev–Trinajstić information content (AvgIpc) is 2.24. The van der Waals surface area contributed by atoms with E-state index in [-0.39, 0.29) is 11.3 Å².